The largest absolute Gasteiger partial charge is 0.398 e. The third kappa shape index (κ3) is 2.13. The maximum atomic E-state index is 12.6. The minimum atomic E-state index is -2.94. The first-order valence-corrected chi connectivity index (χ1v) is 4.21. The van der Waals surface area contributed by atoms with Gasteiger partial charge in [0.25, 0.3) is 12.1 Å². The van der Waals surface area contributed by atoms with E-state index in [0.29, 0.717) is 0 Å². The van der Waals surface area contributed by atoms with Crippen molar-refractivity contribution in [3.05, 3.63) is 33.4 Å². The zero-order valence-corrected chi connectivity index (χ0v) is 8.24. The Labute approximate surface area is 89.0 Å². The quantitative estimate of drug-likeness (QED) is 0.373. The first-order valence-electron chi connectivity index (χ1n) is 4.21. The molecule has 0 fully saturated rings. The van der Waals surface area contributed by atoms with E-state index in [1.165, 1.54) is 0 Å². The second-order valence-corrected chi connectivity index (χ2v) is 3.11. The first-order chi connectivity index (χ1) is 7.34. The molecule has 16 heavy (non-hydrogen) atoms. The molecule has 0 aliphatic heterocycles. The minimum absolute atomic E-state index is 0.415. The fourth-order valence-electron chi connectivity index (χ4n) is 1.30. The van der Waals surface area contributed by atoms with E-state index >= 15 is 0 Å². The second-order valence-electron chi connectivity index (χ2n) is 3.11. The number of carbonyl (C=O) groups is 1. The number of anilines is 1. The van der Waals surface area contributed by atoms with Crippen LogP contribution in [0.4, 0.5) is 20.2 Å². The maximum absolute atomic E-state index is 12.6. The van der Waals surface area contributed by atoms with Crippen LogP contribution in [0.2, 0.25) is 0 Å². The summed E-state index contributed by atoms with van der Waals surface area (Å²) in [6, 6.07) is 1.62. The first kappa shape index (κ1) is 12.0. The number of nitrogens with zero attached hydrogens (tertiary/aromatic N) is 1. The zero-order chi connectivity index (χ0) is 12.5. The SMILES string of the molecule is CC(=O)c1cc([N+](=O)[O-])cc(N)c1C(F)F. The van der Waals surface area contributed by atoms with E-state index in [9.17, 15) is 23.7 Å². The fourth-order valence-corrected chi connectivity index (χ4v) is 1.30. The van der Waals surface area contributed by atoms with Gasteiger partial charge < -0.3 is 5.73 Å². The van der Waals surface area contributed by atoms with E-state index in [1.807, 2.05) is 0 Å². The van der Waals surface area contributed by atoms with E-state index in [1.54, 1.807) is 0 Å². The molecule has 0 unspecified atom stereocenters. The van der Waals surface area contributed by atoms with E-state index in [2.05, 4.69) is 0 Å². The monoisotopic (exact) mass is 230 g/mol. The van der Waals surface area contributed by atoms with E-state index in [0.717, 1.165) is 19.1 Å². The Bertz CT molecular complexity index is 460. The van der Waals surface area contributed by atoms with Gasteiger partial charge in [-0.3, -0.25) is 14.9 Å². The third-order valence-electron chi connectivity index (χ3n) is 2.01. The highest BCUT2D eigenvalue weighted by Crippen LogP contribution is 2.32. The van der Waals surface area contributed by atoms with Gasteiger partial charge in [0.15, 0.2) is 5.78 Å². The van der Waals surface area contributed by atoms with Crippen molar-refractivity contribution >= 4 is 17.2 Å². The summed E-state index contributed by atoms with van der Waals surface area (Å²) >= 11 is 0. The number of rotatable bonds is 3. The molecule has 0 radical (unpaired) electrons. The molecule has 1 rings (SSSR count). The summed E-state index contributed by atoms with van der Waals surface area (Å²) in [5, 5.41) is 10.5. The van der Waals surface area contributed by atoms with Gasteiger partial charge in [-0.2, -0.15) is 0 Å². The van der Waals surface area contributed by atoms with Gasteiger partial charge in [0.1, 0.15) is 0 Å². The molecule has 0 spiro atoms. The van der Waals surface area contributed by atoms with Crippen molar-refractivity contribution in [1.29, 1.82) is 0 Å². The van der Waals surface area contributed by atoms with Crippen LogP contribution in [0.5, 0.6) is 0 Å². The molecule has 0 saturated carbocycles. The molecule has 86 valence electrons. The normalized spacial score (nSPS) is 10.5. The van der Waals surface area contributed by atoms with Crippen molar-refractivity contribution in [3.8, 4) is 0 Å². The van der Waals surface area contributed by atoms with Crippen molar-refractivity contribution in [3.63, 3.8) is 0 Å². The van der Waals surface area contributed by atoms with Gasteiger partial charge in [-0.25, -0.2) is 8.78 Å². The lowest BCUT2D eigenvalue weighted by molar-refractivity contribution is -0.384. The summed E-state index contributed by atoms with van der Waals surface area (Å²) in [5.74, 6) is -0.689. The summed E-state index contributed by atoms with van der Waals surface area (Å²) in [6.45, 7) is 1.05. The molecule has 0 atom stereocenters. The Kier molecular flexibility index (Phi) is 3.17. The van der Waals surface area contributed by atoms with Gasteiger partial charge in [0.05, 0.1) is 10.5 Å². The molecule has 7 heteroatoms. The summed E-state index contributed by atoms with van der Waals surface area (Å²) < 4.78 is 25.2. The molecule has 0 heterocycles. The molecule has 0 aromatic heterocycles. The molecule has 1 aromatic rings. The van der Waals surface area contributed by atoms with Crippen LogP contribution in [0.25, 0.3) is 0 Å². The number of nitrogens with two attached hydrogens (primary N) is 1. The van der Waals surface area contributed by atoms with Crippen LogP contribution in [0, 0.1) is 10.1 Å². The summed E-state index contributed by atoms with van der Waals surface area (Å²) in [6.07, 6.45) is -2.94. The number of nitro groups is 1. The number of hydrogen-bond donors (Lipinski definition) is 1. The Morgan fingerprint density at radius 3 is 2.44 bits per heavy atom. The third-order valence-corrected chi connectivity index (χ3v) is 2.01. The second kappa shape index (κ2) is 4.21. The van der Waals surface area contributed by atoms with E-state index < -0.39 is 39.6 Å². The number of non-ortho nitro benzene ring substituents is 1. The average molecular weight is 230 g/mol. The number of nitro benzene ring substituents is 1. The van der Waals surface area contributed by atoms with Crippen molar-refractivity contribution in [2.75, 3.05) is 5.73 Å². The van der Waals surface area contributed by atoms with Crippen LogP contribution in [0.1, 0.15) is 29.3 Å². The summed E-state index contributed by atoms with van der Waals surface area (Å²) in [5.41, 5.74) is 3.26. The van der Waals surface area contributed by atoms with E-state index in [-0.39, 0.29) is 0 Å². The molecule has 0 aliphatic carbocycles. The summed E-state index contributed by atoms with van der Waals surface area (Å²) in [7, 11) is 0. The molecular weight excluding hydrogens is 222 g/mol. The number of benzene rings is 1. The number of nitrogen functional groups attached to an aromatic ring is 1. The van der Waals surface area contributed by atoms with Crippen molar-refractivity contribution < 1.29 is 18.5 Å². The predicted molar refractivity (Wildman–Crippen MR) is 52.5 cm³/mol. The van der Waals surface area contributed by atoms with Gasteiger partial charge in [0.2, 0.25) is 0 Å². The van der Waals surface area contributed by atoms with Gasteiger partial charge >= 0.3 is 0 Å². The molecule has 0 aliphatic rings. The topological polar surface area (TPSA) is 86.2 Å². The van der Waals surface area contributed by atoms with Crippen LogP contribution < -0.4 is 5.73 Å². The average Bonchev–Trinajstić information content (AvgIpc) is 2.15. The number of hydrogen-bond acceptors (Lipinski definition) is 4. The van der Waals surface area contributed by atoms with Gasteiger partial charge in [-0.15, -0.1) is 0 Å². The van der Waals surface area contributed by atoms with Crippen LogP contribution in [0.15, 0.2) is 12.1 Å². The van der Waals surface area contributed by atoms with Crippen molar-refractivity contribution in [2.45, 2.75) is 13.3 Å². The Morgan fingerprint density at radius 2 is 2.06 bits per heavy atom. The molecule has 0 amide bonds. The number of alkyl halides is 2. The van der Waals surface area contributed by atoms with Crippen LogP contribution >= 0.6 is 0 Å². The Morgan fingerprint density at radius 1 is 1.50 bits per heavy atom. The van der Waals surface area contributed by atoms with Crippen LogP contribution in [-0.2, 0) is 0 Å². The predicted octanol–water partition coefficient (Wildman–Crippen LogP) is 2.32. The van der Waals surface area contributed by atoms with Crippen molar-refractivity contribution in [2.24, 2.45) is 0 Å². The smallest absolute Gasteiger partial charge is 0.272 e. The Hall–Kier alpha value is -2.05. The van der Waals surface area contributed by atoms with Gasteiger partial charge in [-0.1, -0.05) is 0 Å². The Balaban J connectivity index is 3.52. The summed E-state index contributed by atoms with van der Waals surface area (Å²) in [4.78, 5) is 20.8. The van der Waals surface area contributed by atoms with Gasteiger partial charge in [0, 0.05) is 23.4 Å². The molecule has 2 N–H and O–H groups in total. The molecule has 0 bridgehead atoms. The van der Waals surface area contributed by atoms with Crippen LogP contribution in [-0.4, -0.2) is 10.7 Å². The van der Waals surface area contributed by atoms with Gasteiger partial charge in [-0.05, 0) is 6.92 Å². The molecule has 1 aromatic carbocycles. The number of ketones is 1. The number of Topliss-reactive ketones (excluding diaryl/α,β-unsaturated/α-hetero) is 1. The highest BCUT2D eigenvalue weighted by molar-refractivity contribution is 5.97. The highest BCUT2D eigenvalue weighted by atomic mass is 19.3. The molecular formula is C9H8F2N2O3. The maximum Gasteiger partial charge on any atom is 0.272 e. The standard InChI is InChI=1S/C9H8F2N2O3/c1-4(14)6-2-5(13(15)16)3-7(12)8(6)9(10)11/h2-3,9H,12H2,1H3. The lowest BCUT2D eigenvalue weighted by atomic mass is 10.0. The lowest BCUT2D eigenvalue weighted by Gasteiger charge is -2.09. The fraction of sp³-hybridized carbons (Fsp3) is 0.222. The highest BCUT2D eigenvalue weighted by Gasteiger charge is 2.23. The number of halogens is 2. The van der Waals surface area contributed by atoms with E-state index in [4.69, 9.17) is 5.73 Å². The zero-order valence-electron chi connectivity index (χ0n) is 8.24. The molecule has 5 nitrogen and oxygen atoms in total. The van der Waals surface area contributed by atoms with Crippen molar-refractivity contribution in [1.82, 2.24) is 0 Å². The number of carbonyl (C=O) groups excluding carboxylic acids is 1. The lowest BCUT2D eigenvalue weighted by Crippen LogP contribution is -2.06. The minimum Gasteiger partial charge on any atom is -0.398 e. The van der Waals surface area contributed by atoms with Crippen LogP contribution in [0.3, 0.4) is 0 Å². The molecule has 0 saturated heterocycles.